The van der Waals surface area contributed by atoms with Crippen molar-refractivity contribution < 1.29 is 23.5 Å². The van der Waals surface area contributed by atoms with Crippen LogP contribution >= 0.6 is 0 Å². The number of hydrogen-bond acceptors (Lipinski definition) is 8. The number of benzene rings is 1. The summed E-state index contributed by atoms with van der Waals surface area (Å²) in [7, 11) is 3.16. The zero-order valence-electron chi connectivity index (χ0n) is 23.3. The minimum Gasteiger partial charge on any atom is -0.493 e. The van der Waals surface area contributed by atoms with E-state index >= 15 is 0 Å². The molecular weight excluding hydrogens is 488 g/mol. The van der Waals surface area contributed by atoms with E-state index in [4.69, 9.17) is 13.9 Å². The van der Waals surface area contributed by atoms with E-state index in [1.165, 1.54) is 4.80 Å². The van der Waals surface area contributed by atoms with E-state index in [0.717, 1.165) is 17.7 Å². The van der Waals surface area contributed by atoms with Crippen LogP contribution in [-0.4, -0.2) is 69.3 Å². The fourth-order valence-electron chi connectivity index (χ4n) is 4.07. The van der Waals surface area contributed by atoms with Crippen LogP contribution in [0.3, 0.4) is 0 Å². The van der Waals surface area contributed by atoms with Crippen molar-refractivity contribution in [3.63, 3.8) is 0 Å². The van der Waals surface area contributed by atoms with Gasteiger partial charge in [0.1, 0.15) is 18.3 Å². The lowest BCUT2D eigenvalue weighted by Crippen LogP contribution is -2.54. The summed E-state index contributed by atoms with van der Waals surface area (Å²) in [4.78, 5) is 29.8. The molecule has 0 spiro atoms. The van der Waals surface area contributed by atoms with Crippen molar-refractivity contribution in [1.82, 2.24) is 30.4 Å². The van der Waals surface area contributed by atoms with Gasteiger partial charge in [0.2, 0.25) is 17.6 Å². The highest BCUT2D eigenvalue weighted by Crippen LogP contribution is 2.28. The molecule has 206 valence electrons. The Labute approximate surface area is 223 Å². The molecule has 0 saturated carbocycles. The SMILES string of the molecule is CCC[C@H](C(=O)NC(C)(C)C)N(CCc1ccc(OC)c(OC)c1)C(=O)Cn1nnc(-c2ccc(C)o2)n1. The zero-order chi connectivity index (χ0) is 27.9. The quantitative estimate of drug-likeness (QED) is 0.381. The van der Waals surface area contributed by atoms with Crippen LogP contribution in [0.15, 0.2) is 34.7 Å². The molecule has 38 heavy (non-hydrogen) atoms. The summed E-state index contributed by atoms with van der Waals surface area (Å²) in [5.74, 6) is 2.23. The number of methoxy groups -OCH3 is 2. The molecule has 3 aromatic rings. The Morgan fingerprint density at radius 2 is 1.87 bits per heavy atom. The Balaban J connectivity index is 1.85. The lowest BCUT2D eigenvalue weighted by Gasteiger charge is -2.33. The van der Waals surface area contributed by atoms with E-state index in [9.17, 15) is 9.59 Å². The summed E-state index contributed by atoms with van der Waals surface area (Å²) in [6.07, 6.45) is 1.75. The summed E-state index contributed by atoms with van der Waals surface area (Å²) >= 11 is 0. The summed E-state index contributed by atoms with van der Waals surface area (Å²) in [5, 5.41) is 15.4. The number of aryl methyl sites for hydroxylation is 1. The average molecular weight is 527 g/mol. The maximum Gasteiger partial charge on any atom is 0.246 e. The van der Waals surface area contributed by atoms with Gasteiger partial charge in [0, 0.05) is 12.1 Å². The van der Waals surface area contributed by atoms with Gasteiger partial charge in [-0.15, -0.1) is 10.2 Å². The zero-order valence-corrected chi connectivity index (χ0v) is 23.3. The molecule has 0 fully saturated rings. The third-order valence-corrected chi connectivity index (χ3v) is 5.84. The van der Waals surface area contributed by atoms with Crippen LogP contribution < -0.4 is 14.8 Å². The van der Waals surface area contributed by atoms with Gasteiger partial charge in [0.15, 0.2) is 17.3 Å². The largest absolute Gasteiger partial charge is 0.493 e. The first-order valence-corrected chi connectivity index (χ1v) is 12.7. The number of carbonyl (C=O) groups is 2. The predicted molar refractivity (Wildman–Crippen MR) is 142 cm³/mol. The van der Waals surface area contributed by atoms with Gasteiger partial charge < -0.3 is 24.1 Å². The minimum absolute atomic E-state index is 0.165. The van der Waals surface area contributed by atoms with Crippen LogP contribution in [0.4, 0.5) is 0 Å². The summed E-state index contributed by atoms with van der Waals surface area (Å²) in [6.45, 7) is 9.72. The number of nitrogens with one attached hydrogen (secondary N) is 1. The van der Waals surface area contributed by atoms with Gasteiger partial charge in [-0.25, -0.2) is 0 Å². The second-order valence-electron chi connectivity index (χ2n) is 10.1. The van der Waals surface area contributed by atoms with E-state index in [0.29, 0.717) is 42.5 Å². The minimum atomic E-state index is -0.650. The molecule has 1 N–H and O–H groups in total. The number of aromatic nitrogens is 4. The maximum absolute atomic E-state index is 13.6. The second kappa shape index (κ2) is 12.6. The van der Waals surface area contributed by atoms with Crippen molar-refractivity contribution in [2.45, 2.75) is 72.0 Å². The fraction of sp³-hybridized carbons (Fsp3) is 0.519. The highest BCUT2D eigenvalue weighted by Gasteiger charge is 2.31. The molecule has 0 radical (unpaired) electrons. The number of carbonyl (C=O) groups excluding carboxylic acids is 2. The highest BCUT2D eigenvalue weighted by atomic mass is 16.5. The highest BCUT2D eigenvalue weighted by molar-refractivity contribution is 5.88. The molecule has 2 aromatic heterocycles. The lowest BCUT2D eigenvalue weighted by atomic mass is 10.0. The number of hydrogen-bond donors (Lipinski definition) is 1. The van der Waals surface area contributed by atoms with Crippen LogP contribution in [-0.2, 0) is 22.6 Å². The van der Waals surface area contributed by atoms with Gasteiger partial charge in [0.05, 0.1) is 14.2 Å². The lowest BCUT2D eigenvalue weighted by molar-refractivity contribution is -0.142. The Morgan fingerprint density at radius 1 is 1.13 bits per heavy atom. The smallest absolute Gasteiger partial charge is 0.246 e. The number of ether oxygens (including phenoxy) is 2. The Bertz CT molecular complexity index is 1230. The predicted octanol–water partition coefficient (Wildman–Crippen LogP) is 3.41. The molecule has 0 aliphatic heterocycles. The average Bonchev–Trinajstić information content (AvgIpc) is 3.51. The number of furan rings is 1. The van der Waals surface area contributed by atoms with Crippen LogP contribution in [0, 0.1) is 6.92 Å². The summed E-state index contributed by atoms with van der Waals surface area (Å²) < 4.78 is 16.3. The molecular formula is C27H38N6O5. The molecule has 11 nitrogen and oxygen atoms in total. The van der Waals surface area contributed by atoms with Crippen LogP contribution in [0.25, 0.3) is 11.6 Å². The molecule has 2 amide bonds. The van der Waals surface area contributed by atoms with Crippen molar-refractivity contribution in [1.29, 1.82) is 0 Å². The first-order chi connectivity index (χ1) is 18.0. The van der Waals surface area contributed by atoms with Crippen LogP contribution in [0.2, 0.25) is 0 Å². The van der Waals surface area contributed by atoms with Gasteiger partial charge in [-0.3, -0.25) is 9.59 Å². The van der Waals surface area contributed by atoms with Gasteiger partial charge in [-0.1, -0.05) is 19.4 Å². The monoisotopic (exact) mass is 526 g/mol. The molecule has 0 unspecified atom stereocenters. The van der Waals surface area contributed by atoms with Gasteiger partial charge >= 0.3 is 0 Å². The first-order valence-electron chi connectivity index (χ1n) is 12.7. The van der Waals surface area contributed by atoms with E-state index in [1.807, 2.05) is 52.8 Å². The van der Waals surface area contributed by atoms with Crippen LogP contribution in [0.5, 0.6) is 11.5 Å². The normalized spacial score (nSPS) is 12.2. The third-order valence-electron chi connectivity index (χ3n) is 5.84. The molecule has 1 aromatic carbocycles. The van der Waals surface area contributed by atoms with E-state index in [1.54, 1.807) is 31.3 Å². The van der Waals surface area contributed by atoms with Crippen LogP contribution in [0.1, 0.15) is 51.9 Å². The van der Waals surface area contributed by atoms with Crippen molar-refractivity contribution in [2.75, 3.05) is 20.8 Å². The molecule has 0 bridgehead atoms. The van der Waals surface area contributed by atoms with Crippen molar-refractivity contribution in [3.05, 3.63) is 41.7 Å². The van der Waals surface area contributed by atoms with E-state index in [2.05, 4.69) is 20.7 Å². The molecule has 1 atom stereocenters. The summed E-state index contributed by atoms with van der Waals surface area (Å²) in [5.41, 5.74) is 0.506. The maximum atomic E-state index is 13.6. The molecule has 0 saturated heterocycles. The van der Waals surface area contributed by atoms with Crippen molar-refractivity contribution in [2.24, 2.45) is 0 Å². The van der Waals surface area contributed by atoms with Gasteiger partial charge in [-0.2, -0.15) is 4.80 Å². The molecule has 0 aliphatic carbocycles. The summed E-state index contributed by atoms with van der Waals surface area (Å²) in [6, 6.07) is 8.53. The first kappa shape index (κ1) is 28.7. The number of tetrazole rings is 1. The van der Waals surface area contributed by atoms with Crippen molar-refractivity contribution >= 4 is 11.8 Å². The van der Waals surface area contributed by atoms with Crippen molar-refractivity contribution in [3.8, 4) is 23.1 Å². The molecule has 2 heterocycles. The third kappa shape index (κ3) is 7.56. The Kier molecular flexibility index (Phi) is 9.49. The number of nitrogens with zero attached hydrogens (tertiary/aromatic N) is 5. The standard InChI is InChI=1S/C27H38N6O5/c1-8-9-20(26(35)28-27(3,4)5)32(15-14-19-11-13-21(36-6)23(16-19)37-7)24(34)17-33-30-25(29-31-33)22-12-10-18(2)38-22/h10-13,16,20H,8-9,14-15,17H2,1-7H3,(H,28,35)/t20-/m1/s1. The number of amides is 2. The Hall–Kier alpha value is -3.89. The fourth-order valence-corrected chi connectivity index (χ4v) is 4.07. The molecule has 11 heteroatoms. The second-order valence-corrected chi connectivity index (χ2v) is 10.1. The molecule has 0 aliphatic rings. The van der Waals surface area contributed by atoms with E-state index < -0.39 is 11.6 Å². The molecule has 3 rings (SSSR count). The Morgan fingerprint density at radius 3 is 2.47 bits per heavy atom. The topological polar surface area (TPSA) is 125 Å². The van der Waals surface area contributed by atoms with E-state index in [-0.39, 0.29) is 18.4 Å². The van der Waals surface area contributed by atoms with Gasteiger partial charge in [0.25, 0.3) is 0 Å². The number of rotatable bonds is 12. The van der Waals surface area contributed by atoms with Gasteiger partial charge in [-0.05, 0) is 75.6 Å².